The predicted molar refractivity (Wildman–Crippen MR) is 138 cm³/mol. The van der Waals surface area contributed by atoms with Crippen molar-refractivity contribution in [1.82, 2.24) is 9.97 Å². The minimum Gasteiger partial charge on any atom is -0.494 e. The van der Waals surface area contributed by atoms with Gasteiger partial charge >= 0.3 is 0 Å². The average Bonchev–Trinajstić information content (AvgIpc) is 2.89. The molecule has 0 saturated carbocycles. The standard InChI is InChI=1S/C29H21N3O2/c1-2-34-20-14-12-19(13-15-20)30-29(33)18-11-16-25-26(17-18)32-28-24-10-6-4-8-22(24)21-7-3-5-9-23(21)27(28)31-25/h3-17H,2H2,1H3,(H,30,33). The Labute approximate surface area is 196 Å². The van der Waals surface area contributed by atoms with Gasteiger partial charge in [0.2, 0.25) is 0 Å². The predicted octanol–water partition coefficient (Wildman–Crippen LogP) is 6.74. The molecule has 6 rings (SSSR count). The lowest BCUT2D eigenvalue weighted by Gasteiger charge is -2.11. The maximum absolute atomic E-state index is 12.9. The van der Waals surface area contributed by atoms with Crippen LogP contribution in [0.2, 0.25) is 0 Å². The monoisotopic (exact) mass is 443 g/mol. The van der Waals surface area contributed by atoms with Gasteiger partial charge in [-0.05, 0) is 60.2 Å². The van der Waals surface area contributed by atoms with E-state index in [9.17, 15) is 4.79 Å². The molecule has 5 aromatic carbocycles. The Bertz CT molecular complexity index is 1710. The van der Waals surface area contributed by atoms with Crippen LogP contribution in [0, 0.1) is 0 Å². The number of aromatic nitrogens is 2. The van der Waals surface area contributed by atoms with Gasteiger partial charge in [-0.25, -0.2) is 9.97 Å². The molecule has 6 aromatic rings. The quantitative estimate of drug-likeness (QED) is 0.242. The first kappa shape index (κ1) is 20.1. The van der Waals surface area contributed by atoms with Gasteiger partial charge in [0, 0.05) is 22.0 Å². The average molecular weight is 444 g/mol. The van der Waals surface area contributed by atoms with Crippen LogP contribution < -0.4 is 10.1 Å². The molecule has 0 unspecified atom stereocenters. The van der Waals surface area contributed by atoms with Gasteiger partial charge in [0.05, 0.1) is 28.7 Å². The fourth-order valence-corrected chi connectivity index (χ4v) is 4.42. The van der Waals surface area contributed by atoms with Crippen molar-refractivity contribution in [2.45, 2.75) is 6.92 Å². The number of benzene rings is 5. The fraction of sp³-hybridized carbons (Fsp3) is 0.0690. The van der Waals surface area contributed by atoms with Gasteiger partial charge < -0.3 is 10.1 Å². The van der Waals surface area contributed by atoms with E-state index < -0.39 is 0 Å². The van der Waals surface area contributed by atoms with E-state index in [0.717, 1.165) is 43.8 Å². The minimum absolute atomic E-state index is 0.198. The molecule has 0 bridgehead atoms. The van der Waals surface area contributed by atoms with Crippen molar-refractivity contribution in [3.63, 3.8) is 0 Å². The SMILES string of the molecule is CCOc1ccc(NC(=O)c2ccc3nc4c5ccccc5c5ccccc5c4nc3c2)cc1. The summed E-state index contributed by atoms with van der Waals surface area (Å²) in [6.07, 6.45) is 0. The van der Waals surface area contributed by atoms with Crippen molar-refractivity contribution in [3.8, 4) is 5.75 Å². The number of amides is 1. The summed E-state index contributed by atoms with van der Waals surface area (Å²) >= 11 is 0. The van der Waals surface area contributed by atoms with Gasteiger partial charge in [0.1, 0.15) is 5.75 Å². The molecule has 1 N–H and O–H groups in total. The highest BCUT2D eigenvalue weighted by atomic mass is 16.5. The molecule has 0 spiro atoms. The summed E-state index contributed by atoms with van der Waals surface area (Å²) in [5, 5.41) is 7.36. The van der Waals surface area contributed by atoms with E-state index in [1.54, 1.807) is 12.1 Å². The number of fused-ring (bicyclic) bond motifs is 7. The molecule has 0 fully saturated rings. The molecule has 164 valence electrons. The molecular formula is C29H21N3O2. The summed E-state index contributed by atoms with van der Waals surface area (Å²) < 4.78 is 5.46. The summed E-state index contributed by atoms with van der Waals surface area (Å²) in [6, 6.07) is 29.3. The van der Waals surface area contributed by atoms with Gasteiger partial charge in [-0.1, -0.05) is 48.5 Å². The summed E-state index contributed by atoms with van der Waals surface area (Å²) in [7, 11) is 0. The maximum atomic E-state index is 12.9. The number of hydrogen-bond donors (Lipinski definition) is 1. The summed E-state index contributed by atoms with van der Waals surface area (Å²) in [6.45, 7) is 2.54. The van der Waals surface area contributed by atoms with Crippen molar-refractivity contribution in [3.05, 3.63) is 96.6 Å². The number of nitrogens with zero attached hydrogens (tertiary/aromatic N) is 2. The smallest absolute Gasteiger partial charge is 0.255 e. The highest BCUT2D eigenvalue weighted by molar-refractivity contribution is 6.23. The normalized spacial score (nSPS) is 11.3. The molecule has 0 saturated heterocycles. The number of carbonyl (C=O) groups is 1. The summed E-state index contributed by atoms with van der Waals surface area (Å²) in [5.41, 5.74) is 4.38. The molecule has 1 heterocycles. The molecule has 0 radical (unpaired) electrons. The third kappa shape index (κ3) is 3.39. The molecule has 5 nitrogen and oxygen atoms in total. The Morgan fingerprint density at radius 1 is 0.735 bits per heavy atom. The molecule has 0 aliphatic rings. The van der Waals surface area contributed by atoms with E-state index in [0.29, 0.717) is 23.4 Å². The first-order chi connectivity index (χ1) is 16.7. The lowest BCUT2D eigenvalue weighted by atomic mass is 9.99. The van der Waals surface area contributed by atoms with Crippen LogP contribution in [-0.4, -0.2) is 22.5 Å². The number of carbonyl (C=O) groups excluding carboxylic acids is 1. The number of nitrogens with one attached hydrogen (secondary N) is 1. The second-order valence-corrected chi connectivity index (χ2v) is 8.13. The Morgan fingerprint density at radius 3 is 1.94 bits per heavy atom. The minimum atomic E-state index is -0.198. The van der Waals surface area contributed by atoms with Crippen LogP contribution in [0.4, 0.5) is 5.69 Å². The second-order valence-electron chi connectivity index (χ2n) is 8.13. The second kappa shape index (κ2) is 8.12. The van der Waals surface area contributed by atoms with Crippen LogP contribution in [0.5, 0.6) is 5.75 Å². The van der Waals surface area contributed by atoms with E-state index in [1.807, 2.05) is 61.5 Å². The largest absolute Gasteiger partial charge is 0.494 e. The Hall–Kier alpha value is -4.51. The van der Waals surface area contributed by atoms with E-state index in [2.05, 4.69) is 29.6 Å². The third-order valence-corrected chi connectivity index (χ3v) is 6.00. The molecule has 34 heavy (non-hydrogen) atoms. The number of anilines is 1. The van der Waals surface area contributed by atoms with Crippen LogP contribution in [0.1, 0.15) is 17.3 Å². The Morgan fingerprint density at radius 2 is 1.32 bits per heavy atom. The van der Waals surface area contributed by atoms with E-state index in [1.165, 1.54) is 0 Å². The zero-order valence-electron chi connectivity index (χ0n) is 18.6. The summed E-state index contributed by atoms with van der Waals surface area (Å²) in [5.74, 6) is 0.574. The molecule has 0 atom stereocenters. The fourth-order valence-electron chi connectivity index (χ4n) is 4.42. The first-order valence-corrected chi connectivity index (χ1v) is 11.3. The van der Waals surface area contributed by atoms with E-state index in [4.69, 9.17) is 14.7 Å². The van der Waals surface area contributed by atoms with Crippen LogP contribution in [0.25, 0.3) is 43.6 Å². The van der Waals surface area contributed by atoms with Gasteiger partial charge in [0.15, 0.2) is 0 Å². The Kier molecular flexibility index (Phi) is 4.81. The van der Waals surface area contributed by atoms with Crippen LogP contribution in [-0.2, 0) is 0 Å². The van der Waals surface area contributed by atoms with Crippen LogP contribution in [0.3, 0.4) is 0 Å². The zero-order valence-corrected chi connectivity index (χ0v) is 18.6. The molecular weight excluding hydrogens is 422 g/mol. The number of hydrogen-bond acceptors (Lipinski definition) is 4. The third-order valence-electron chi connectivity index (χ3n) is 6.00. The molecule has 1 aromatic heterocycles. The van der Waals surface area contributed by atoms with Gasteiger partial charge in [-0.2, -0.15) is 0 Å². The van der Waals surface area contributed by atoms with Crippen molar-refractivity contribution < 1.29 is 9.53 Å². The van der Waals surface area contributed by atoms with Gasteiger partial charge in [0.25, 0.3) is 5.91 Å². The highest BCUT2D eigenvalue weighted by Crippen LogP contribution is 2.34. The molecule has 0 aliphatic heterocycles. The van der Waals surface area contributed by atoms with Crippen molar-refractivity contribution in [2.75, 3.05) is 11.9 Å². The van der Waals surface area contributed by atoms with Gasteiger partial charge in [-0.15, -0.1) is 0 Å². The maximum Gasteiger partial charge on any atom is 0.255 e. The zero-order chi connectivity index (χ0) is 23.1. The van der Waals surface area contributed by atoms with Crippen molar-refractivity contribution >= 4 is 55.2 Å². The van der Waals surface area contributed by atoms with E-state index >= 15 is 0 Å². The van der Waals surface area contributed by atoms with Crippen molar-refractivity contribution in [2.24, 2.45) is 0 Å². The lowest BCUT2D eigenvalue weighted by molar-refractivity contribution is 0.102. The number of ether oxygens (including phenoxy) is 1. The van der Waals surface area contributed by atoms with Gasteiger partial charge in [-0.3, -0.25) is 4.79 Å². The van der Waals surface area contributed by atoms with Crippen molar-refractivity contribution in [1.29, 1.82) is 0 Å². The van der Waals surface area contributed by atoms with E-state index in [-0.39, 0.29) is 5.91 Å². The topological polar surface area (TPSA) is 64.1 Å². The lowest BCUT2D eigenvalue weighted by Crippen LogP contribution is -2.12. The number of rotatable bonds is 4. The Balaban J connectivity index is 1.45. The molecule has 5 heteroatoms. The first-order valence-electron chi connectivity index (χ1n) is 11.3. The molecule has 1 amide bonds. The summed E-state index contributed by atoms with van der Waals surface area (Å²) in [4.78, 5) is 22.9. The molecule has 0 aliphatic carbocycles. The van der Waals surface area contributed by atoms with Crippen LogP contribution >= 0.6 is 0 Å². The van der Waals surface area contributed by atoms with Crippen LogP contribution in [0.15, 0.2) is 91.0 Å². The highest BCUT2D eigenvalue weighted by Gasteiger charge is 2.13.